The van der Waals surface area contributed by atoms with Crippen LogP contribution in [0.25, 0.3) is 0 Å². The molecule has 3 heterocycles. The minimum atomic E-state index is 0. The molecule has 0 aromatic carbocycles. The smallest absolute Gasteiger partial charge is 0.877 e. The molecule has 0 aliphatic carbocycles. The molecule has 0 saturated heterocycles. The first-order valence-electron chi connectivity index (χ1n) is 5.45. The van der Waals surface area contributed by atoms with Gasteiger partial charge >= 0.3 is 51.2 Å². The molecular formula is C12H11Cu3N6O4. The Kier molecular flexibility index (Phi) is 25.0. The summed E-state index contributed by atoms with van der Waals surface area (Å²) >= 11 is 0. The maximum absolute atomic E-state index is 9.79. The first-order valence-corrected chi connectivity index (χ1v) is 5.45. The maximum atomic E-state index is 9.79. The average Bonchev–Trinajstić information content (AvgIpc) is 3.31. The van der Waals surface area contributed by atoms with Crippen molar-refractivity contribution in [2.75, 3.05) is 0 Å². The van der Waals surface area contributed by atoms with E-state index >= 15 is 0 Å². The average molecular weight is 494 g/mol. The summed E-state index contributed by atoms with van der Waals surface area (Å²) in [4.78, 5) is 0. The SMILES string of the molecule is O.[Cu+].[Cu+].[Cu+].[O-]C=C1C=NN=C1.[O-]C=C1C=NN=C1.[O-]C=C1C=NN=C1. The molecule has 13 heteroatoms. The van der Waals surface area contributed by atoms with Crippen molar-refractivity contribution in [1.82, 2.24) is 0 Å². The second-order valence-corrected chi connectivity index (χ2v) is 3.32. The molecule has 0 saturated carbocycles. The van der Waals surface area contributed by atoms with E-state index in [1.54, 1.807) is 0 Å². The molecule has 0 amide bonds. The predicted octanol–water partition coefficient (Wildman–Crippen LogP) is -2.93. The van der Waals surface area contributed by atoms with Gasteiger partial charge in [-0.15, -0.1) is 18.8 Å². The molecule has 3 aliphatic rings. The van der Waals surface area contributed by atoms with Gasteiger partial charge in [-0.2, -0.15) is 30.6 Å². The van der Waals surface area contributed by atoms with E-state index in [-0.39, 0.29) is 56.7 Å². The van der Waals surface area contributed by atoms with Gasteiger partial charge in [-0.05, 0) is 16.7 Å². The third-order valence-electron chi connectivity index (χ3n) is 1.85. The largest absolute Gasteiger partial charge is 1.00 e. The number of rotatable bonds is 0. The molecule has 146 valence electrons. The molecule has 3 aliphatic heterocycles. The molecule has 25 heavy (non-hydrogen) atoms. The summed E-state index contributed by atoms with van der Waals surface area (Å²) in [6.07, 6.45) is 10.6. The third kappa shape index (κ3) is 14.2. The van der Waals surface area contributed by atoms with Crippen molar-refractivity contribution in [3.8, 4) is 0 Å². The third-order valence-corrected chi connectivity index (χ3v) is 1.85. The Morgan fingerprint density at radius 3 is 0.720 bits per heavy atom. The van der Waals surface area contributed by atoms with Crippen LogP contribution < -0.4 is 15.3 Å². The molecule has 10 nitrogen and oxygen atoms in total. The van der Waals surface area contributed by atoms with Crippen molar-refractivity contribution < 1.29 is 72.0 Å². The van der Waals surface area contributed by atoms with Gasteiger partial charge in [-0.1, -0.05) is 0 Å². The van der Waals surface area contributed by atoms with Gasteiger partial charge in [0.1, 0.15) is 0 Å². The zero-order chi connectivity index (χ0) is 15.3. The van der Waals surface area contributed by atoms with Crippen molar-refractivity contribution in [3.63, 3.8) is 0 Å². The van der Waals surface area contributed by atoms with Crippen LogP contribution in [0.4, 0.5) is 0 Å². The molecule has 0 radical (unpaired) electrons. The molecule has 0 aromatic heterocycles. The fraction of sp³-hybridized carbons (Fsp3) is 0. The van der Waals surface area contributed by atoms with Crippen molar-refractivity contribution in [2.45, 2.75) is 0 Å². The Morgan fingerprint density at radius 2 is 0.640 bits per heavy atom. The van der Waals surface area contributed by atoms with Crippen LogP contribution in [0.3, 0.4) is 0 Å². The summed E-state index contributed by atoms with van der Waals surface area (Å²) in [5, 5.41) is 49.8. The van der Waals surface area contributed by atoms with Crippen molar-refractivity contribution in [3.05, 3.63) is 35.5 Å². The normalized spacial score (nSPS) is 13.2. The first-order chi connectivity index (χ1) is 10.3. The quantitative estimate of drug-likeness (QED) is 0.260. The molecule has 0 spiro atoms. The van der Waals surface area contributed by atoms with Crippen LogP contribution in [-0.2, 0) is 51.2 Å². The summed E-state index contributed by atoms with van der Waals surface area (Å²) in [7, 11) is 0. The number of nitrogens with zero attached hydrogens (tertiary/aromatic N) is 6. The fourth-order valence-electron chi connectivity index (χ4n) is 0.883. The summed E-state index contributed by atoms with van der Waals surface area (Å²) in [5.41, 5.74) is 1.58. The van der Waals surface area contributed by atoms with Gasteiger partial charge in [-0.25, -0.2) is 0 Å². The van der Waals surface area contributed by atoms with E-state index in [0.717, 1.165) is 0 Å². The Hall–Kier alpha value is -1.84. The zero-order valence-corrected chi connectivity index (χ0v) is 14.8. The van der Waals surface area contributed by atoms with E-state index in [2.05, 4.69) is 30.6 Å². The fourth-order valence-corrected chi connectivity index (χ4v) is 0.883. The Balaban J connectivity index is -0.000000122. The summed E-state index contributed by atoms with van der Waals surface area (Å²) in [5.74, 6) is 0. The van der Waals surface area contributed by atoms with Crippen LogP contribution >= 0.6 is 0 Å². The topological polar surface area (TPSA) is 175 Å². The van der Waals surface area contributed by atoms with E-state index < -0.39 is 0 Å². The molecule has 0 unspecified atom stereocenters. The van der Waals surface area contributed by atoms with E-state index in [9.17, 15) is 15.3 Å². The predicted molar refractivity (Wildman–Crippen MR) is 78.8 cm³/mol. The van der Waals surface area contributed by atoms with Crippen LogP contribution in [0.1, 0.15) is 0 Å². The second kappa shape index (κ2) is 20.2. The van der Waals surface area contributed by atoms with Gasteiger partial charge < -0.3 is 20.8 Å². The number of allylic oxidation sites excluding steroid dienone is 3. The minimum absolute atomic E-state index is 0. The molecule has 3 rings (SSSR count). The zero-order valence-electron chi connectivity index (χ0n) is 12.0. The standard InChI is InChI=1S/3C4H4N2O.3Cu.H2O/c3*7-3-4-1-5-6-2-4;;;;/h3*1-3,7H;;;;1H2/q;;;3*+1;/p-3. The first kappa shape index (κ1) is 31.0. The number of hydrogen-bond donors (Lipinski definition) is 0. The molecule has 0 bridgehead atoms. The summed E-state index contributed by atoms with van der Waals surface area (Å²) in [6, 6.07) is 0. The van der Waals surface area contributed by atoms with Crippen LogP contribution in [0, 0.1) is 0 Å². The van der Waals surface area contributed by atoms with Crippen molar-refractivity contribution in [2.24, 2.45) is 30.6 Å². The van der Waals surface area contributed by atoms with E-state index in [1.807, 2.05) is 0 Å². The van der Waals surface area contributed by atoms with Crippen molar-refractivity contribution in [1.29, 1.82) is 0 Å². The second-order valence-electron chi connectivity index (χ2n) is 3.32. The van der Waals surface area contributed by atoms with Gasteiger partial charge in [0.05, 0.1) is 37.3 Å². The maximum Gasteiger partial charge on any atom is 1.00 e. The van der Waals surface area contributed by atoms with Gasteiger partial charge in [0.15, 0.2) is 0 Å². The van der Waals surface area contributed by atoms with Gasteiger partial charge in [0.25, 0.3) is 0 Å². The molecule has 0 aromatic rings. The summed E-state index contributed by atoms with van der Waals surface area (Å²) in [6.45, 7) is 0. The Labute approximate surface area is 175 Å². The number of hydrogen-bond acceptors (Lipinski definition) is 9. The molecule has 0 fully saturated rings. The Bertz CT molecular complexity index is 497. The monoisotopic (exact) mass is 492 g/mol. The Morgan fingerprint density at radius 1 is 0.480 bits per heavy atom. The van der Waals surface area contributed by atoms with Crippen molar-refractivity contribution >= 4 is 37.3 Å². The molecule has 0 atom stereocenters. The van der Waals surface area contributed by atoms with Crippen LogP contribution in [0.5, 0.6) is 0 Å². The van der Waals surface area contributed by atoms with Crippen LogP contribution in [0.2, 0.25) is 0 Å². The summed E-state index contributed by atoms with van der Waals surface area (Å²) < 4.78 is 0. The van der Waals surface area contributed by atoms with Gasteiger partial charge in [-0.3, -0.25) is 0 Å². The minimum Gasteiger partial charge on any atom is -0.877 e. The van der Waals surface area contributed by atoms with Crippen LogP contribution in [0.15, 0.2) is 66.1 Å². The van der Waals surface area contributed by atoms with E-state index in [4.69, 9.17) is 0 Å². The van der Waals surface area contributed by atoms with E-state index in [1.165, 1.54) is 37.3 Å². The van der Waals surface area contributed by atoms with Gasteiger partial charge in [0, 0.05) is 0 Å². The van der Waals surface area contributed by atoms with Crippen LogP contribution in [-0.4, -0.2) is 42.8 Å². The molecular weight excluding hydrogens is 483 g/mol. The van der Waals surface area contributed by atoms with E-state index in [0.29, 0.717) is 35.5 Å². The van der Waals surface area contributed by atoms with Gasteiger partial charge in [0.2, 0.25) is 0 Å². The molecule has 2 N–H and O–H groups in total.